The maximum atomic E-state index is 12.3. The molecule has 0 aromatic carbocycles. The number of hydrogen-bond donors (Lipinski definition) is 1. The van der Waals surface area contributed by atoms with E-state index in [1.54, 1.807) is 17.2 Å². The SMILES string of the molecule is CS(=O)(=O)N1CCC(CNC(=O)C2=CN3CCS(=O)(=O)N=C3C=C2)CC1. The van der Waals surface area contributed by atoms with Crippen molar-refractivity contribution in [3.05, 3.63) is 23.9 Å². The van der Waals surface area contributed by atoms with Crippen LogP contribution in [0.5, 0.6) is 0 Å². The molecule has 9 nitrogen and oxygen atoms in total. The van der Waals surface area contributed by atoms with Gasteiger partial charge in [0.15, 0.2) is 0 Å². The van der Waals surface area contributed by atoms with Gasteiger partial charge in [0.25, 0.3) is 15.9 Å². The molecule has 26 heavy (non-hydrogen) atoms. The van der Waals surface area contributed by atoms with Crippen LogP contribution >= 0.6 is 0 Å². The van der Waals surface area contributed by atoms with E-state index < -0.39 is 20.0 Å². The lowest BCUT2D eigenvalue weighted by molar-refractivity contribution is -0.117. The Balaban J connectivity index is 1.53. The van der Waals surface area contributed by atoms with Crippen LogP contribution in [-0.4, -0.2) is 76.0 Å². The Morgan fingerprint density at radius 1 is 1.27 bits per heavy atom. The molecule has 3 aliphatic rings. The summed E-state index contributed by atoms with van der Waals surface area (Å²) in [5, 5.41) is 2.88. The third-order valence-electron chi connectivity index (χ3n) is 4.68. The van der Waals surface area contributed by atoms with Crippen molar-refractivity contribution in [2.45, 2.75) is 12.8 Å². The fourth-order valence-electron chi connectivity index (χ4n) is 3.12. The average molecular weight is 402 g/mol. The van der Waals surface area contributed by atoms with Gasteiger partial charge in [-0.2, -0.15) is 0 Å². The van der Waals surface area contributed by atoms with Gasteiger partial charge in [0.05, 0.1) is 17.6 Å². The van der Waals surface area contributed by atoms with Crippen LogP contribution in [0.25, 0.3) is 0 Å². The molecule has 0 atom stereocenters. The molecule has 1 fully saturated rings. The normalized spacial score (nSPS) is 23.8. The number of sulfonamides is 2. The van der Waals surface area contributed by atoms with Gasteiger partial charge in [0.2, 0.25) is 10.0 Å². The summed E-state index contributed by atoms with van der Waals surface area (Å²) < 4.78 is 51.1. The minimum absolute atomic E-state index is 0.0748. The second kappa shape index (κ2) is 7.12. The zero-order chi connectivity index (χ0) is 18.9. The van der Waals surface area contributed by atoms with E-state index in [2.05, 4.69) is 9.71 Å². The fraction of sp³-hybridized carbons (Fsp3) is 0.600. The van der Waals surface area contributed by atoms with Gasteiger partial charge in [-0.25, -0.2) is 21.1 Å². The molecule has 3 rings (SSSR count). The van der Waals surface area contributed by atoms with E-state index in [0.29, 0.717) is 43.9 Å². The zero-order valence-electron chi connectivity index (χ0n) is 14.5. The average Bonchev–Trinajstić information content (AvgIpc) is 2.58. The van der Waals surface area contributed by atoms with Crippen molar-refractivity contribution < 1.29 is 21.6 Å². The molecular formula is C15H22N4O5S2. The van der Waals surface area contributed by atoms with Crippen molar-refractivity contribution in [3.8, 4) is 0 Å². The molecule has 1 amide bonds. The molecule has 0 saturated carbocycles. The van der Waals surface area contributed by atoms with E-state index in [4.69, 9.17) is 0 Å². The van der Waals surface area contributed by atoms with E-state index >= 15 is 0 Å². The number of fused-ring (bicyclic) bond motifs is 1. The first-order valence-corrected chi connectivity index (χ1v) is 11.8. The molecule has 3 heterocycles. The van der Waals surface area contributed by atoms with Gasteiger partial charge < -0.3 is 10.2 Å². The predicted molar refractivity (Wildman–Crippen MR) is 97.3 cm³/mol. The predicted octanol–water partition coefficient (Wildman–Crippen LogP) is -0.728. The number of carbonyl (C=O) groups excluding carboxylic acids is 1. The number of nitrogens with one attached hydrogen (secondary N) is 1. The van der Waals surface area contributed by atoms with Gasteiger partial charge in [0.1, 0.15) is 5.84 Å². The van der Waals surface area contributed by atoms with Gasteiger partial charge in [-0.15, -0.1) is 4.40 Å². The molecule has 1 saturated heterocycles. The molecule has 0 aromatic rings. The van der Waals surface area contributed by atoms with Crippen molar-refractivity contribution in [1.29, 1.82) is 0 Å². The summed E-state index contributed by atoms with van der Waals surface area (Å²) in [6.45, 7) is 1.71. The first kappa shape index (κ1) is 19.1. The molecule has 0 unspecified atom stereocenters. The number of carbonyl (C=O) groups is 1. The van der Waals surface area contributed by atoms with Crippen LogP contribution in [0, 0.1) is 5.92 Å². The maximum absolute atomic E-state index is 12.3. The molecule has 0 radical (unpaired) electrons. The van der Waals surface area contributed by atoms with Gasteiger partial charge >= 0.3 is 0 Å². The Kier molecular flexibility index (Phi) is 5.22. The number of rotatable bonds is 4. The summed E-state index contributed by atoms with van der Waals surface area (Å²) in [4.78, 5) is 14.0. The van der Waals surface area contributed by atoms with Crippen LogP contribution < -0.4 is 5.32 Å². The molecule has 0 spiro atoms. The van der Waals surface area contributed by atoms with Crippen LogP contribution in [0.4, 0.5) is 0 Å². The minimum atomic E-state index is -3.41. The number of hydrogen-bond acceptors (Lipinski definition) is 6. The van der Waals surface area contributed by atoms with Crippen molar-refractivity contribution in [2.75, 3.05) is 38.2 Å². The highest BCUT2D eigenvalue weighted by Crippen LogP contribution is 2.19. The van der Waals surface area contributed by atoms with Crippen LogP contribution in [-0.2, 0) is 24.8 Å². The van der Waals surface area contributed by atoms with Crippen molar-refractivity contribution >= 4 is 31.8 Å². The second-order valence-electron chi connectivity index (χ2n) is 6.66. The van der Waals surface area contributed by atoms with E-state index in [1.165, 1.54) is 16.6 Å². The number of piperidine rings is 1. The fourth-order valence-corrected chi connectivity index (χ4v) is 4.96. The summed E-state index contributed by atoms with van der Waals surface area (Å²) in [7, 11) is -6.56. The molecule has 11 heteroatoms. The van der Waals surface area contributed by atoms with E-state index in [9.17, 15) is 21.6 Å². The van der Waals surface area contributed by atoms with Crippen molar-refractivity contribution in [2.24, 2.45) is 10.3 Å². The largest absolute Gasteiger partial charge is 0.352 e. The number of nitrogens with zero attached hydrogens (tertiary/aromatic N) is 3. The second-order valence-corrected chi connectivity index (χ2v) is 10.4. The van der Waals surface area contributed by atoms with E-state index in [-0.39, 0.29) is 24.1 Å². The molecule has 1 N–H and O–H groups in total. The molecule has 3 aliphatic heterocycles. The lowest BCUT2D eigenvalue weighted by atomic mass is 9.98. The first-order chi connectivity index (χ1) is 12.1. The summed E-state index contributed by atoms with van der Waals surface area (Å²) in [6, 6.07) is 0. The highest BCUT2D eigenvalue weighted by Gasteiger charge is 2.27. The van der Waals surface area contributed by atoms with Crippen LogP contribution in [0.3, 0.4) is 0 Å². The third kappa shape index (κ3) is 4.51. The highest BCUT2D eigenvalue weighted by atomic mass is 32.2. The molecule has 0 aromatic heterocycles. The Bertz CT molecular complexity index is 881. The Morgan fingerprint density at radius 2 is 1.96 bits per heavy atom. The molecule has 0 bridgehead atoms. The minimum Gasteiger partial charge on any atom is -0.352 e. The Morgan fingerprint density at radius 3 is 2.62 bits per heavy atom. The highest BCUT2D eigenvalue weighted by molar-refractivity contribution is 7.90. The maximum Gasteiger partial charge on any atom is 0.256 e. The van der Waals surface area contributed by atoms with Crippen LogP contribution in [0.2, 0.25) is 0 Å². The van der Waals surface area contributed by atoms with Gasteiger partial charge in [-0.1, -0.05) is 0 Å². The topological polar surface area (TPSA) is 116 Å². The first-order valence-electron chi connectivity index (χ1n) is 8.36. The van der Waals surface area contributed by atoms with Crippen LogP contribution in [0.1, 0.15) is 12.8 Å². The number of amidine groups is 1. The monoisotopic (exact) mass is 402 g/mol. The standard InChI is InChI=1S/C15H22N4O5S2/c1-25(21,22)19-6-4-12(5-7-19)10-16-15(20)13-2-3-14-17-26(23,24)9-8-18(14)11-13/h2-3,11-12H,4-10H2,1H3,(H,16,20). The smallest absolute Gasteiger partial charge is 0.256 e. The zero-order valence-corrected chi connectivity index (χ0v) is 16.1. The third-order valence-corrected chi connectivity index (χ3v) is 7.15. The van der Waals surface area contributed by atoms with Crippen molar-refractivity contribution in [1.82, 2.24) is 14.5 Å². The lowest BCUT2D eigenvalue weighted by Gasteiger charge is -2.30. The van der Waals surface area contributed by atoms with Gasteiger partial charge in [-0.3, -0.25) is 4.79 Å². The quantitative estimate of drug-likeness (QED) is 0.663. The van der Waals surface area contributed by atoms with E-state index in [0.717, 1.165) is 0 Å². The summed E-state index contributed by atoms with van der Waals surface area (Å²) in [6.07, 6.45) is 7.32. The van der Waals surface area contributed by atoms with Crippen molar-refractivity contribution in [3.63, 3.8) is 0 Å². The molecule has 144 valence electrons. The van der Waals surface area contributed by atoms with E-state index in [1.807, 2.05) is 0 Å². The summed E-state index contributed by atoms with van der Waals surface area (Å²) >= 11 is 0. The van der Waals surface area contributed by atoms with Gasteiger partial charge in [-0.05, 0) is 30.9 Å². The van der Waals surface area contributed by atoms with Crippen LogP contribution in [0.15, 0.2) is 28.3 Å². The lowest BCUT2D eigenvalue weighted by Crippen LogP contribution is -2.42. The summed E-state index contributed by atoms with van der Waals surface area (Å²) in [5.41, 5.74) is 0.441. The number of amides is 1. The van der Waals surface area contributed by atoms with Gasteiger partial charge in [0, 0.05) is 32.4 Å². The Hall–Kier alpha value is -1.72. The molecular weight excluding hydrogens is 380 g/mol. The Labute approximate surface area is 153 Å². The molecule has 0 aliphatic carbocycles. The summed E-state index contributed by atoms with van der Waals surface area (Å²) in [5.74, 6) is 0.247.